The highest BCUT2D eigenvalue weighted by molar-refractivity contribution is 6.59. The van der Waals surface area contributed by atoms with E-state index in [9.17, 15) is 0 Å². The van der Waals surface area contributed by atoms with Crippen molar-refractivity contribution in [2.75, 3.05) is 0 Å². The molecule has 0 aliphatic carbocycles. The fourth-order valence-corrected chi connectivity index (χ4v) is 13.2. The van der Waals surface area contributed by atoms with Crippen molar-refractivity contribution in [3.05, 3.63) is 203 Å². The molecule has 6 aromatic carbocycles. The lowest BCUT2D eigenvalue weighted by atomic mass is 9.77. The van der Waals surface area contributed by atoms with E-state index in [2.05, 4.69) is 211 Å². The summed E-state index contributed by atoms with van der Waals surface area (Å²) in [5.41, 5.74) is 6.12. The number of benzene rings is 6. The Hall–Kier alpha value is -4.33. The molecule has 0 bridgehead atoms. The predicted octanol–water partition coefficient (Wildman–Crippen LogP) is 7.98. The third-order valence-electron chi connectivity index (χ3n) is 11.0. The van der Waals surface area contributed by atoms with Gasteiger partial charge in [0.2, 0.25) is 0 Å². The zero-order valence-electron chi connectivity index (χ0n) is 30.4. The Morgan fingerprint density at radius 3 is 0.840 bits per heavy atom. The van der Waals surface area contributed by atoms with Gasteiger partial charge in [-0.25, -0.2) is 9.78 Å². The van der Waals surface area contributed by atoms with Crippen LogP contribution in [0.1, 0.15) is 61.1 Å². The first-order valence-electron chi connectivity index (χ1n) is 17.8. The monoisotopic (exact) mass is 690 g/mol. The van der Waals surface area contributed by atoms with Gasteiger partial charge in [0, 0.05) is 10.1 Å². The zero-order valence-corrected chi connectivity index (χ0v) is 33.2. The summed E-state index contributed by atoms with van der Waals surface area (Å²) < 4.78 is 0. The minimum Gasteiger partial charge on any atom is -0.229 e. The molecule has 0 fully saturated rings. The summed E-state index contributed by atoms with van der Waals surface area (Å²) in [5, 5.41) is 1.94. The van der Waals surface area contributed by atoms with Crippen molar-refractivity contribution >= 4 is 29.4 Å². The maximum absolute atomic E-state index is 7.15. The van der Waals surface area contributed by atoms with E-state index in [0.29, 0.717) is 0 Å². The second-order valence-electron chi connectivity index (χ2n) is 14.7. The standard InChI is InChI=1S/C46H50O2Si2/c1-35-23-19-21-33-41(35)49-45(37-25-11-7-12-26-37,38-27-13-8-14-28-38)43(3,4)47-48-44(5,6)46(39-29-15-9-16-30-39,40-31-17-10-18-32-40)50-42-34-22-20-24-36(42)2/h7-34H,49-50H2,1-6H3. The molecule has 50 heavy (non-hydrogen) atoms. The molecule has 0 N–H and O–H groups in total. The first-order chi connectivity index (χ1) is 24.1. The summed E-state index contributed by atoms with van der Waals surface area (Å²) in [4.78, 5) is 14.3. The van der Waals surface area contributed by atoms with Gasteiger partial charge in [0.05, 0.1) is 19.0 Å². The van der Waals surface area contributed by atoms with Crippen molar-refractivity contribution in [3.63, 3.8) is 0 Å². The second-order valence-corrected chi connectivity index (χ2v) is 19.0. The van der Waals surface area contributed by atoms with Gasteiger partial charge in [-0.15, -0.1) is 0 Å². The Balaban J connectivity index is 1.52. The van der Waals surface area contributed by atoms with Gasteiger partial charge < -0.3 is 0 Å². The summed E-state index contributed by atoms with van der Waals surface area (Å²) in [5.74, 6) is 0. The first kappa shape index (κ1) is 35.5. The van der Waals surface area contributed by atoms with Gasteiger partial charge in [-0.3, -0.25) is 0 Å². The first-order valence-corrected chi connectivity index (χ1v) is 20.6. The van der Waals surface area contributed by atoms with Gasteiger partial charge in [-0.05, 0) is 63.8 Å². The van der Waals surface area contributed by atoms with E-state index in [1.54, 1.807) is 0 Å². The molecule has 0 atom stereocenters. The molecule has 0 aromatic heterocycles. The third-order valence-corrected chi connectivity index (χ3v) is 17.8. The summed E-state index contributed by atoms with van der Waals surface area (Å²) in [6.45, 7) is 13.4. The molecule has 254 valence electrons. The zero-order chi connectivity index (χ0) is 35.2. The average Bonchev–Trinajstić information content (AvgIpc) is 3.15. The Labute approximate surface area is 304 Å². The van der Waals surface area contributed by atoms with E-state index in [0.717, 1.165) is 0 Å². The Morgan fingerprint density at radius 1 is 0.340 bits per heavy atom. The molecule has 0 aliphatic rings. The van der Waals surface area contributed by atoms with Crippen LogP contribution in [0, 0.1) is 13.8 Å². The van der Waals surface area contributed by atoms with Crippen LogP contribution < -0.4 is 10.4 Å². The van der Waals surface area contributed by atoms with Crippen molar-refractivity contribution in [2.45, 2.75) is 62.8 Å². The molecule has 4 heteroatoms. The predicted molar refractivity (Wildman–Crippen MR) is 216 cm³/mol. The van der Waals surface area contributed by atoms with Crippen LogP contribution in [0.3, 0.4) is 0 Å². The number of rotatable bonds is 13. The van der Waals surface area contributed by atoms with Crippen LogP contribution in [0.5, 0.6) is 0 Å². The van der Waals surface area contributed by atoms with Crippen LogP contribution in [0.2, 0.25) is 0 Å². The highest BCUT2D eigenvalue weighted by Gasteiger charge is 2.54. The number of hydrogen-bond donors (Lipinski definition) is 0. The summed E-state index contributed by atoms with van der Waals surface area (Å²) in [7, 11) is -2.16. The van der Waals surface area contributed by atoms with Gasteiger partial charge in [0.25, 0.3) is 0 Å². The van der Waals surface area contributed by atoms with E-state index in [4.69, 9.17) is 9.78 Å². The van der Waals surface area contributed by atoms with Crippen LogP contribution in [-0.4, -0.2) is 30.2 Å². The summed E-state index contributed by atoms with van der Waals surface area (Å²) >= 11 is 0. The molecule has 0 spiro atoms. The summed E-state index contributed by atoms with van der Waals surface area (Å²) in [6, 6.07) is 61.6. The minimum absolute atomic E-state index is 0.451. The highest BCUT2D eigenvalue weighted by Crippen LogP contribution is 2.47. The highest BCUT2D eigenvalue weighted by atomic mass is 28.2. The maximum Gasteiger partial charge on any atom is 0.109 e. The van der Waals surface area contributed by atoms with E-state index in [1.807, 2.05) is 0 Å². The fourth-order valence-electron chi connectivity index (χ4n) is 7.99. The van der Waals surface area contributed by atoms with Gasteiger partial charge in [0.15, 0.2) is 0 Å². The topological polar surface area (TPSA) is 18.5 Å². The molecule has 0 amide bonds. The lowest BCUT2D eigenvalue weighted by Crippen LogP contribution is -2.61. The molecule has 6 aromatic rings. The Bertz CT molecular complexity index is 1750. The molecule has 0 heterocycles. The number of aryl methyl sites for hydroxylation is 2. The van der Waals surface area contributed by atoms with Crippen LogP contribution in [-0.2, 0) is 19.9 Å². The molecule has 0 saturated carbocycles. The molecule has 2 nitrogen and oxygen atoms in total. The van der Waals surface area contributed by atoms with Crippen LogP contribution >= 0.6 is 0 Å². The van der Waals surface area contributed by atoms with E-state index in [1.165, 1.54) is 43.8 Å². The van der Waals surface area contributed by atoms with E-state index in [-0.39, 0.29) is 0 Å². The van der Waals surface area contributed by atoms with Gasteiger partial charge >= 0.3 is 0 Å². The maximum atomic E-state index is 7.15. The smallest absolute Gasteiger partial charge is 0.109 e. The van der Waals surface area contributed by atoms with Crippen molar-refractivity contribution in [1.82, 2.24) is 0 Å². The molecular weight excluding hydrogens is 641 g/mol. The quantitative estimate of drug-likeness (QED) is 0.0695. The largest absolute Gasteiger partial charge is 0.229 e. The molecule has 0 aliphatic heterocycles. The summed E-state index contributed by atoms with van der Waals surface area (Å²) in [6.07, 6.45) is 0. The Kier molecular flexibility index (Phi) is 10.6. The van der Waals surface area contributed by atoms with Gasteiger partial charge in [-0.1, -0.05) is 191 Å². The van der Waals surface area contributed by atoms with Crippen molar-refractivity contribution in [2.24, 2.45) is 0 Å². The fraction of sp³-hybridized carbons (Fsp3) is 0.217. The second kappa shape index (κ2) is 14.9. The van der Waals surface area contributed by atoms with E-state index >= 15 is 0 Å². The van der Waals surface area contributed by atoms with Crippen LogP contribution in [0.15, 0.2) is 170 Å². The van der Waals surface area contributed by atoms with Crippen LogP contribution in [0.4, 0.5) is 0 Å². The Morgan fingerprint density at radius 2 is 0.580 bits per heavy atom. The molecule has 0 radical (unpaired) electrons. The van der Waals surface area contributed by atoms with Crippen molar-refractivity contribution < 1.29 is 9.78 Å². The molecule has 6 rings (SSSR count). The lowest BCUT2D eigenvalue weighted by molar-refractivity contribution is -0.411. The number of hydrogen-bond acceptors (Lipinski definition) is 2. The average molecular weight is 691 g/mol. The third kappa shape index (κ3) is 6.73. The van der Waals surface area contributed by atoms with Gasteiger partial charge in [0.1, 0.15) is 11.2 Å². The normalized spacial score (nSPS) is 13.0. The molecule has 0 unspecified atom stereocenters. The minimum atomic E-state index is -1.08. The molecule has 0 saturated heterocycles. The van der Waals surface area contributed by atoms with Crippen molar-refractivity contribution in [1.29, 1.82) is 0 Å². The van der Waals surface area contributed by atoms with Crippen LogP contribution in [0.25, 0.3) is 0 Å². The van der Waals surface area contributed by atoms with Gasteiger partial charge in [-0.2, -0.15) is 0 Å². The SMILES string of the molecule is Cc1ccccc1[SiH2]C(c1ccccc1)(c1ccccc1)C(C)(C)OOC(C)(C)C([SiH2]c1ccccc1C)(c1ccccc1)c1ccccc1. The van der Waals surface area contributed by atoms with Crippen molar-refractivity contribution in [3.8, 4) is 0 Å². The van der Waals surface area contributed by atoms with E-state index < -0.39 is 40.3 Å². The molecular formula is C46H50O2Si2. The lowest BCUT2D eigenvalue weighted by Gasteiger charge is -2.51.